The molecule has 0 unspecified atom stereocenters. The number of thiazole rings is 1. The van der Waals surface area contributed by atoms with Gasteiger partial charge >= 0.3 is 0 Å². The molecule has 0 atom stereocenters. The first kappa shape index (κ1) is 15.8. The van der Waals surface area contributed by atoms with Gasteiger partial charge in [0.05, 0.1) is 30.5 Å². The van der Waals surface area contributed by atoms with Crippen LogP contribution in [-0.2, 0) is 19.3 Å². The van der Waals surface area contributed by atoms with E-state index in [2.05, 4.69) is 10.3 Å². The number of ether oxygens (including phenoxy) is 2. The lowest BCUT2D eigenvalue weighted by atomic mass is 10.1. The first-order valence-corrected chi connectivity index (χ1v) is 8.51. The van der Waals surface area contributed by atoms with Crippen LogP contribution in [0.4, 0.5) is 0 Å². The molecule has 1 amide bonds. The number of nitrogens with zero attached hydrogens (tertiary/aromatic N) is 1. The van der Waals surface area contributed by atoms with Crippen molar-refractivity contribution in [2.24, 2.45) is 0 Å². The molecule has 0 saturated carbocycles. The van der Waals surface area contributed by atoms with E-state index < -0.39 is 0 Å². The Bertz CT molecular complexity index is 690. The molecule has 1 aromatic carbocycles. The fourth-order valence-electron chi connectivity index (χ4n) is 2.79. The van der Waals surface area contributed by atoms with Gasteiger partial charge in [0.2, 0.25) is 0 Å². The highest BCUT2D eigenvalue weighted by Gasteiger charge is 2.18. The predicted octanol–water partition coefficient (Wildman–Crippen LogP) is 2.62. The second-order valence-corrected chi connectivity index (χ2v) is 6.55. The monoisotopic (exact) mass is 332 g/mol. The van der Waals surface area contributed by atoms with E-state index in [1.54, 1.807) is 36.6 Å². The van der Waals surface area contributed by atoms with Gasteiger partial charge in [0, 0.05) is 17.8 Å². The lowest BCUT2D eigenvalue weighted by Gasteiger charge is -2.12. The number of rotatable bonds is 6. The van der Waals surface area contributed by atoms with Crippen LogP contribution < -0.4 is 14.8 Å². The van der Waals surface area contributed by atoms with E-state index in [4.69, 9.17) is 9.47 Å². The smallest absolute Gasteiger partial charge is 0.255 e. The molecule has 1 aliphatic rings. The van der Waals surface area contributed by atoms with Gasteiger partial charge in [-0.05, 0) is 31.4 Å². The summed E-state index contributed by atoms with van der Waals surface area (Å²) in [6, 6.07) is 5.28. The standard InChI is InChI=1S/C17H20N2O3S/c1-21-13-7-3-5-11(16(13)22-2)17(20)18-10-9-15-19-12-6-4-8-14(12)23-15/h3,5,7H,4,6,8-10H2,1-2H3,(H,18,20). The maximum atomic E-state index is 12.4. The summed E-state index contributed by atoms with van der Waals surface area (Å²) in [5.41, 5.74) is 1.74. The van der Waals surface area contributed by atoms with E-state index >= 15 is 0 Å². The molecule has 2 aromatic rings. The number of benzene rings is 1. The van der Waals surface area contributed by atoms with Crippen LogP contribution in [0.5, 0.6) is 11.5 Å². The minimum atomic E-state index is -0.162. The zero-order chi connectivity index (χ0) is 16.2. The van der Waals surface area contributed by atoms with Crippen LogP contribution in [0.2, 0.25) is 0 Å². The summed E-state index contributed by atoms with van der Waals surface area (Å²) in [7, 11) is 3.09. The molecule has 23 heavy (non-hydrogen) atoms. The minimum absolute atomic E-state index is 0.162. The molecule has 1 heterocycles. The maximum Gasteiger partial charge on any atom is 0.255 e. The van der Waals surface area contributed by atoms with Crippen LogP contribution in [0.15, 0.2) is 18.2 Å². The van der Waals surface area contributed by atoms with E-state index in [0.717, 1.165) is 24.3 Å². The highest BCUT2D eigenvalue weighted by molar-refractivity contribution is 7.11. The van der Waals surface area contributed by atoms with Gasteiger partial charge in [-0.1, -0.05) is 6.07 Å². The molecule has 0 bridgehead atoms. The number of hydrogen-bond acceptors (Lipinski definition) is 5. The van der Waals surface area contributed by atoms with Gasteiger partial charge in [0.25, 0.3) is 5.91 Å². The Morgan fingerprint density at radius 1 is 1.30 bits per heavy atom. The summed E-state index contributed by atoms with van der Waals surface area (Å²) in [5, 5.41) is 4.03. The lowest BCUT2D eigenvalue weighted by Crippen LogP contribution is -2.26. The Labute approximate surface area is 139 Å². The van der Waals surface area contributed by atoms with Gasteiger partial charge in [-0.25, -0.2) is 4.98 Å². The summed E-state index contributed by atoms with van der Waals surface area (Å²) < 4.78 is 10.5. The topological polar surface area (TPSA) is 60.5 Å². The number of methoxy groups -OCH3 is 2. The van der Waals surface area contributed by atoms with Crippen LogP contribution in [-0.4, -0.2) is 31.7 Å². The first-order chi connectivity index (χ1) is 11.2. The van der Waals surface area contributed by atoms with Crippen molar-refractivity contribution in [3.8, 4) is 11.5 Å². The molecule has 1 N–H and O–H groups in total. The summed E-state index contributed by atoms with van der Waals surface area (Å²) >= 11 is 1.78. The summed E-state index contributed by atoms with van der Waals surface area (Å²) in [4.78, 5) is 18.4. The molecule has 1 aliphatic carbocycles. The van der Waals surface area contributed by atoms with Crippen LogP contribution in [0.3, 0.4) is 0 Å². The number of para-hydroxylation sites is 1. The zero-order valence-electron chi connectivity index (χ0n) is 13.3. The molecule has 0 radical (unpaired) electrons. The fourth-order valence-corrected chi connectivity index (χ4v) is 3.95. The van der Waals surface area contributed by atoms with Crippen molar-refractivity contribution in [3.63, 3.8) is 0 Å². The van der Waals surface area contributed by atoms with Gasteiger partial charge in [-0.2, -0.15) is 0 Å². The van der Waals surface area contributed by atoms with Gasteiger partial charge in [-0.15, -0.1) is 11.3 Å². The average molecular weight is 332 g/mol. The maximum absolute atomic E-state index is 12.4. The third kappa shape index (κ3) is 3.32. The molecule has 0 aliphatic heterocycles. The normalized spacial score (nSPS) is 12.8. The Morgan fingerprint density at radius 2 is 2.17 bits per heavy atom. The predicted molar refractivity (Wildman–Crippen MR) is 89.7 cm³/mol. The molecule has 0 fully saturated rings. The third-order valence-corrected chi connectivity index (χ3v) is 5.13. The number of fused-ring (bicyclic) bond motifs is 1. The molecule has 1 aromatic heterocycles. The number of carbonyl (C=O) groups is 1. The number of hydrogen-bond donors (Lipinski definition) is 1. The van der Waals surface area contributed by atoms with Crippen LogP contribution in [0.1, 0.15) is 32.4 Å². The number of aromatic nitrogens is 1. The fraction of sp³-hybridized carbons (Fsp3) is 0.412. The molecule has 5 nitrogen and oxygen atoms in total. The molecular formula is C17H20N2O3S. The minimum Gasteiger partial charge on any atom is -0.493 e. The molecular weight excluding hydrogens is 312 g/mol. The second-order valence-electron chi connectivity index (χ2n) is 5.38. The van der Waals surface area contributed by atoms with E-state index in [1.807, 2.05) is 0 Å². The number of carbonyl (C=O) groups excluding carboxylic acids is 1. The van der Waals surface area contributed by atoms with E-state index in [0.29, 0.717) is 23.6 Å². The van der Waals surface area contributed by atoms with Crippen molar-refractivity contribution in [1.82, 2.24) is 10.3 Å². The molecule has 3 rings (SSSR count). The van der Waals surface area contributed by atoms with Crippen molar-refractivity contribution in [1.29, 1.82) is 0 Å². The van der Waals surface area contributed by atoms with Crippen molar-refractivity contribution >= 4 is 17.2 Å². The Kier molecular flexibility index (Phi) is 4.81. The van der Waals surface area contributed by atoms with Crippen LogP contribution in [0.25, 0.3) is 0 Å². The Morgan fingerprint density at radius 3 is 2.91 bits per heavy atom. The highest BCUT2D eigenvalue weighted by atomic mass is 32.1. The molecule has 0 saturated heterocycles. The lowest BCUT2D eigenvalue weighted by molar-refractivity contribution is 0.0950. The van der Waals surface area contributed by atoms with E-state index in [-0.39, 0.29) is 5.91 Å². The Hall–Kier alpha value is -2.08. The van der Waals surface area contributed by atoms with Crippen molar-refractivity contribution in [2.45, 2.75) is 25.7 Å². The largest absolute Gasteiger partial charge is 0.493 e. The van der Waals surface area contributed by atoms with Gasteiger partial charge < -0.3 is 14.8 Å². The number of amides is 1. The van der Waals surface area contributed by atoms with E-state index in [9.17, 15) is 4.79 Å². The summed E-state index contributed by atoms with van der Waals surface area (Å²) in [5.74, 6) is 0.849. The van der Waals surface area contributed by atoms with Crippen LogP contribution in [0, 0.1) is 0 Å². The van der Waals surface area contributed by atoms with Gasteiger partial charge in [-0.3, -0.25) is 4.79 Å². The SMILES string of the molecule is COc1cccc(C(=O)NCCc2nc3c(s2)CCC3)c1OC. The first-order valence-electron chi connectivity index (χ1n) is 7.69. The molecule has 122 valence electrons. The molecule has 0 spiro atoms. The van der Waals surface area contributed by atoms with Gasteiger partial charge in [0.15, 0.2) is 11.5 Å². The highest BCUT2D eigenvalue weighted by Crippen LogP contribution is 2.30. The van der Waals surface area contributed by atoms with Gasteiger partial charge in [0.1, 0.15) is 0 Å². The van der Waals surface area contributed by atoms with Crippen LogP contribution >= 0.6 is 11.3 Å². The summed E-state index contributed by atoms with van der Waals surface area (Å²) in [6.07, 6.45) is 4.23. The zero-order valence-corrected chi connectivity index (χ0v) is 14.2. The van der Waals surface area contributed by atoms with Crippen molar-refractivity contribution in [2.75, 3.05) is 20.8 Å². The summed E-state index contributed by atoms with van der Waals surface area (Å²) in [6.45, 7) is 0.561. The third-order valence-electron chi connectivity index (χ3n) is 3.91. The Balaban J connectivity index is 1.61. The van der Waals surface area contributed by atoms with E-state index in [1.165, 1.54) is 24.1 Å². The average Bonchev–Trinajstić information content (AvgIpc) is 3.15. The van der Waals surface area contributed by atoms with Crippen molar-refractivity contribution in [3.05, 3.63) is 39.3 Å². The second kappa shape index (κ2) is 7.00. The van der Waals surface area contributed by atoms with Crippen molar-refractivity contribution < 1.29 is 14.3 Å². The number of aryl methyl sites for hydroxylation is 2. The quantitative estimate of drug-likeness (QED) is 0.883. The molecule has 6 heteroatoms. The number of nitrogens with one attached hydrogen (secondary N) is 1.